The van der Waals surface area contributed by atoms with Crippen molar-refractivity contribution >= 4 is 0 Å². The van der Waals surface area contributed by atoms with Gasteiger partial charge in [0.1, 0.15) is 0 Å². The molecular formula is C8H13N. The second kappa shape index (κ2) is 1.63. The highest BCUT2D eigenvalue weighted by atomic mass is 14.7. The van der Waals surface area contributed by atoms with Crippen molar-refractivity contribution in [2.24, 2.45) is 11.1 Å². The Kier molecular flexibility index (Phi) is 1.16. The van der Waals surface area contributed by atoms with E-state index in [1.165, 1.54) is 0 Å². The molecule has 0 amide bonds. The summed E-state index contributed by atoms with van der Waals surface area (Å²) in [5, 5.41) is 0. The molecule has 1 fully saturated rings. The lowest BCUT2D eigenvalue weighted by Crippen LogP contribution is -2.11. The standard InChI is InChI=1S/C8H13N/c1-6(2)8(4-5-8)7(3)9/h1,3-5,9H2,2H3. The van der Waals surface area contributed by atoms with Crippen LogP contribution in [0, 0.1) is 5.41 Å². The molecule has 0 radical (unpaired) electrons. The van der Waals surface area contributed by atoms with Gasteiger partial charge in [0.15, 0.2) is 0 Å². The molecule has 0 heterocycles. The minimum Gasteiger partial charge on any atom is -0.402 e. The maximum atomic E-state index is 5.58. The third kappa shape index (κ3) is 0.766. The average Bonchev–Trinajstić information content (AvgIpc) is 2.40. The largest absolute Gasteiger partial charge is 0.402 e. The van der Waals surface area contributed by atoms with Crippen LogP contribution < -0.4 is 5.73 Å². The van der Waals surface area contributed by atoms with Crippen molar-refractivity contribution in [1.82, 2.24) is 0 Å². The van der Waals surface area contributed by atoms with Gasteiger partial charge in [-0.05, 0) is 19.8 Å². The van der Waals surface area contributed by atoms with E-state index in [4.69, 9.17) is 5.73 Å². The Hall–Kier alpha value is -0.720. The summed E-state index contributed by atoms with van der Waals surface area (Å²) in [5.74, 6) is 0. The lowest BCUT2D eigenvalue weighted by atomic mass is 9.96. The quantitative estimate of drug-likeness (QED) is 0.557. The molecule has 1 nitrogen and oxygen atoms in total. The number of hydrogen-bond donors (Lipinski definition) is 1. The van der Waals surface area contributed by atoms with Crippen molar-refractivity contribution in [3.05, 3.63) is 24.4 Å². The summed E-state index contributed by atoms with van der Waals surface area (Å²) >= 11 is 0. The topological polar surface area (TPSA) is 26.0 Å². The van der Waals surface area contributed by atoms with E-state index in [-0.39, 0.29) is 5.41 Å². The summed E-state index contributed by atoms with van der Waals surface area (Å²) < 4.78 is 0. The average molecular weight is 123 g/mol. The van der Waals surface area contributed by atoms with Crippen molar-refractivity contribution in [2.45, 2.75) is 19.8 Å². The van der Waals surface area contributed by atoms with Crippen molar-refractivity contribution < 1.29 is 0 Å². The number of hydrogen-bond acceptors (Lipinski definition) is 1. The van der Waals surface area contributed by atoms with Gasteiger partial charge in [-0.25, -0.2) is 0 Å². The van der Waals surface area contributed by atoms with Crippen molar-refractivity contribution in [2.75, 3.05) is 0 Å². The van der Waals surface area contributed by atoms with Gasteiger partial charge in [-0.1, -0.05) is 18.7 Å². The van der Waals surface area contributed by atoms with Gasteiger partial charge in [-0.2, -0.15) is 0 Å². The molecule has 1 saturated carbocycles. The van der Waals surface area contributed by atoms with Gasteiger partial charge in [-0.15, -0.1) is 0 Å². The maximum Gasteiger partial charge on any atom is 0.0296 e. The zero-order chi connectivity index (χ0) is 7.07. The minimum absolute atomic E-state index is 0.139. The van der Waals surface area contributed by atoms with Crippen LogP contribution in [0.3, 0.4) is 0 Å². The van der Waals surface area contributed by atoms with Gasteiger partial charge >= 0.3 is 0 Å². The predicted octanol–water partition coefficient (Wildman–Crippen LogP) is 1.82. The maximum absolute atomic E-state index is 5.58. The van der Waals surface area contributed by atoms with E-state index in [1.807, 2.05) is 6.92 Å². The molecule has 0 atom stereocenters. The first-order valence-corrected chi connectivity index (χ1v) is 3.20. The molecule has 0 bridgehead atoms. The zero-order valence-electron chi connectivity index (χ0n) is 5.91. The van der Waals surface area contributed by atoms with E-state index in [0.29, 0.717) is 0 Å². The first-order valence-electron chi connectivity index (χ1n) is 3.20. The lowest BCUT2D eigenvalue weighted by molar-refractivity contribution is 0.720. The molecule has 9 heavy (non-hydrogen) atoms. The van der Waals surface area contributed by atoms with Crippen LogP contribution in [0.5, 0.6) is 0 Å². The molecule has 2 N–H and O–H groups in total. The van der Waals surface area contributed by atoms with Crippen LogP contribution in [0.1, 0.15) is 19.8 Å². The Labute approximate surface area is 56.2 Å². The fourth-order valence-electron chi connectivity index (χ4n) is 1.15. The predicted molar refractivity (Wildman–Crippen MR) is 39.8 cm³/mol. The fourth-order valence-corrected chi connectivity index (χ4v) is 1.15. The molecule has 0 saturated heterocycles. The molecule has 1 rings (SSSR count). The zero-order valence-corrected chi connectivity index (χ0v) is 5.91. The van der Waals surface area contributed by atoms with Gasteiger partial charge in [-0.3, -0.25) is 0 Å². The monoisotopic (exact) mass is 123 g/mol. The van der Waals surface area contributed by atoms with E-state index >= 15 is 0 Å². The van der Waals surface area contributed by atoms with Gasteiger partial charge < -0.3 is 5.73 Å². The summed E-state index contributed by atoms with van der Waals surface area (Å²) in [6.07, 6.45) is 2.30. The molecule has 0 aliphatic heterocycles. The Morgan fingerprint density at radius 1 is 1.44 bits per heavy atom. The summed E-state index contributed by atoms with van der Waals surface area (Å²) in [4.78, 5) is 0. The first-order chi connectivity index (χ1) is 4.09. The summed E-state index contributed by atoms with van der Waals surface area (Å²) in [7, 11) is 0. The van der Waals surface area contributed by atoms with E-state index < -0.39 is 0 Å². The van der Waals surface area contributed by atoms with Crippen LogP contribution >= 0.6 is 0 Å². The normalized spacial score (nSPS) is 21.0. The van der Waals surface area contributed by atoms with Crippen molar-refractivity contribution in [3.8, 4) is 0 Å². The fraction of sp³-hybridized carbons (Fsp3) is 0.500. The molecular weight excluding hydrogens is 110 g/mol. The SMILES string of the molecule is C=C(C)C1(C(=C)N)CC1. The highest BCUT2D eigenvalue weighted by molar-refractivity contribution is 5.29. The molecule has 1 heteroatoms. The van der Waals surface area contributed by atoms with Crippen LogP contribution in [-0.2, 0) is 0 Å². The van der Waals surface area contributed by atoms with Gasteiger partial charge in [0.25, 0.3) is 0 Å². The first kappa shape index (κ1) is 6.40. The summed E-state index contributed by atoms with van der Waals surface area (Å²) in [6.45, 7) is 9.62. The summed E-state index contributed by atoms with van der Waals surface area (Å²) in [6, 6.07) is 0. The molecule has 0 aromatic carbocycles. The molecule has 0 spiro atoms. The van der Waals surface area contributed by atoms with Crippen LogP contribution in [0.25, 0.3) is 0 Å². The Morgan fingerprint density at radius 3 is 1.89 bits per heavy atom. The second-order valence-electron chi connectivity index (χ2n) is 2.89. The van der Waals surface area contributed by atoms with Crippen LogP contribution in [0.4, 0.5) is 0 Å². The number of rotatable bonds is 2. The number of allylic oxidation sites excluding steroid dienone is 1. The highest BCUT2D eigenvalue weighted by Gasteiger charge is 2.44. The van der Waals surface area contributed by atoms with E-state index in [1.54, 1.807) is 0 Å². The van der Waals surface area contributed by atoms with E-state index in [2.05, 4.69) is 13.2 Å². The smallest absolute Gasteiger partial charge is 0.0296 e. The van der Waals surface area contributed by atoms with E-state index in [0.717, 1.165) is 24.1 Å². The van der Waals surface area contributed by atoms with E-state index in [9.17, 15) is 0 Å². The Morgan fingerprint density at radius 2 is 1.89 bits per heavy atom. The van der Waals surface area contributed by atoms with Gasteiger partial charge in [0.2, 0.25) is 0 Å². The van der Waals surface area contributed by atoms with Crippen LogP contribution in [0.15, 0.2) is 24.4 Å². The molecule has 0 unspecified atom stereocenters. The minimum atomic E-state index is 0.139. The molecule has 1 aliphatic rings. The third-order valence-electron chi connectivity index (χ3n) is 2.18. The van der Waals surface area contributed by atoms with Gasteiger partial charge in [0, 0.05) is 11.1 Å². The molecule has 0 aromatic heterocycles. The highest BCUT2D eigenvalue weighted by Crippen LogP contribution is 2.54. The van der Waals surface area contributed by atoms with Crippen molar-refractivity contribution in [3.63, 3.8) is 0 Å². The lowest BCUT2D eigenvalue weighted by Gasteiger charge is -2.13. The molecule has 1 aliphatic carbocycles. The number of nitrogens with two attached hydrogens (primary N) is 1. The Bertz CT molecular complexity index is 147. The van der Waals surface area contributed by atoms with Crippen molar-refractivity contribution in [1.29, 1.82) is 0 Å². The van der Waals surface area contributed by atoms with Gasteiger partial charge in [0.05, 0.1) is 0 Å². The summed E-state index contributed by atoms with van der Waals surface area (Å²) in [5.41, 5.74) is 7.67. The molecule has 0 aromatic rings. The van der Waals surface area contributed by atoms with Crippen LogP contribution in [0.2, 0.25) is 0 Å². The molecule has 50 valence electrons. The van der Waals surface area contributed by atoms with Crippen LogP contribution in [-0.4, -0.2) is 0 Å². The Balaban J connectivity index is 2.75. The third-order valence-corrected chi connectivity index (χ3v) is 2.18. The second-order valence-corrected chi connectivity index (χ2v) is 2.89.